The molecule has 0 aliphatic carbocycles. The Labute approximate surface area is 118 Å². The first kappa shape index (κ1) is 17.7. The smallest absolute Gasteiger partial charge is 0.222 e. The van der Waals surface area contributed by atoms with Crippen LogP contribution in [-0.2, 0) is 4.79 Å². The number of carbonyl (C=O) groups excluding carboxylic acids is 1. The number of hydrogen-bond acceptors (Lipinski definition) is 2. The first-order valence-electron chi connectivity index (χ1n) is 6.88. The van der Waals surface area contributed by atoms with Crippen molar-refractivity contribution >= 4 is 18.3 Å². The van der Waals surface area contributed by atoms with Crippen LogP contribution in [0.15, 0.2) is 0 Å². The molecule has 0 aromatic rings. The molecule has 1 atom stereocenters. The van der Waals surface area contributed by atoms with E-state index in [4.69, 9.17) is 0 Å². The molecule has 4 heteroatoms. The lowest BCUT2D eigenvalue weighted by Gasteiger charge is -2.25. The van der Waals surface area contributed by atoms with Gasteiger partial charge in [-0.05, 0) is 38.1 Å². The molecule has 1 unspecified atom stereocenters. The summed E-state index contributed by atoms with van der Waals surface area (Å²) in [6, 6.07) is 0.433. The van der Waals surface area contributed by atoms with Gasteiger partial charge in [0.1, 0.15) is 0 Å². The fraction of sp³-hybridized carbons (Fsp3) is 0.929. The maximum absolute atomic E-state index is 12.1. The summed E-state index contributed by atoms with van der Waals surface area (Å²) in [6.45, 7) is 8.59. The first-order chi connectivity index (χ1) is 7.94. The Kier molecular flexibility index (Phi) is 7.88. The number of amides is 1. The van der Waals surface area contributed by atoms with Crippen molar-refractivity contribution in [2.24, 2.45) is 5.41 Å². The van der Waals surface area contributed by atoms with Crippen molar-refractivity contribution < 1.29 is 4.79 Å². The van der Waals surface area contributed by atoms with E-state index in [-0.39, 0.29) is 12.4 Å². The number of nitrogens with one attached hydrogen (secondary N) is 1. The van der Waals surface area contributed by atoms with Gasteiger partial charge in [0.25, 0.3) is 0 Å². The first-order valence-corrected chi connectivity index (χ1v) is 6.88. The SMILES string of the molecule is CNCC1CCCN1C(=O)CCCC(C)(C)C.Cl. The average Bonchev–Trinajstić information content (AvgIpc) is 2.64. The Hall–Kier alpha value is -0.280. The molecule has 108 valence electrons. The largest absolute Gasteiger partial charge is 0.338 e. The normalized spacial score (nSPS) is 19.8. The third-order valence-corrected chi connectivity index (χ3v) is 3.45. The predicted molar refractivity (Wildman–Crippen MR) is 79.2 cm³/mol. The third kappa shape index (κ3) is 6.05. The van der Waals surface area contributed by atoms with Gasteiger partial charge in [0.2, 0.25) is 5.91 Å². The highest BCUT2D eigenvalue weighted by Gasteiger charge is 2.27. The molecular formula is C14H29ClN2O. The molecule has 3 nitrogen and oxygen atoms in total. The second-order valence-electron chi connectivity index (χ2n) is 6.36. The molecule has 1 heterocycles. The van der Waals surface area contributed by atoms with Crippen LogP contribution in [0.4, 0.5) is 0 Å². The fourth-order valence-electron chi connectivity index (χ4n) is 2.53. The number of carbonyl (C=O) groups is 1. The van der Waals surface area contributed by atoms with E-state index < -0.39 is 0 Å². The van der Waals surface area contributed by atoms with Crippen molar-refractivity contribution in [1.29, 1.82) is 0 Å². The lowest BCUT2D eigenvalue weighted by Crippen LogP contribution is -2.40. The van der Waals surface area contributed by atoms with Gasteiger partial charge < -0.3 is 10.2 Å². The van der Waals surface area contributed by atoms with Gasteiger partial charge in [0.15, 0.2) is 0 Å². The van der Waals surface area contributed by atoms with Crippen molar-refractivity contribution in [1.82, 2.24) is 10.2 Å². The van der Waals surface area contributed by atoms with Crippen molar-refractivity contribution in [3.8, 4) is 0 Å². The fourth-order valence-corrected chi connectivity index (χ4v) is 2.53. The highest BCUT2D eigenvalue weighted by Crippen LogP contribution is 2.23. The molecule has 0 aromatic carbocycles. The lowest BCUT2D eigenvalue weighted by molar-refractivity contribution is -0.132. The number of hydrogen-bond donors (Lipinski definition) is 1. The van der Waals surface area contributed by atoms with E-state index in [1.54, 1.807) is 0 Å². The zero-order chi connectivity index (χ0) is 12.9. The summed E-state index contributed by atoms with van der Waals surface area (Å²) >= 11 is 0. The van der Waals surface area contributed by atoms with E-state index in [2.05, 4.69) is 31.0 Å². The molecule has 1 saturated heterocycles. The lowest BCUT2D eigenvalue weighted by atomic mass is 9.90. The molecular weight excluding hydrogens is 248 g/mol. The van der Waals surface area contributed by atoms with E-state index in [0.29, 0.717) is 17.4 Å². The average molecular weight is 277 g/mol. The van der Waals surface area contributed by atoms with Crippen LogP contribution in [0.5, 0.6) is 0 Å². The van der Waals surface area contributed by atoms with Crippen LogP contribution in [0.2, 0.25) is 0 Å². The van der Waals surface area contributed by atoms with Crippen LogP contribution in [0, 0.1) is 5.41 Å². The summed E-state index contributed by atoms with van der Waals surface area (Å²) in [5.41, 5.74) is 0.343. The van der Waals surface area contributed by atoms with E-state index in [9.17, 15) is 4.79 Å². The standard InChI is InChI=1S/C14H28N2O.ClH/c1-14(2,3)9-5-8-13(17)16-10-6-7-12(16)11-15-4;/h12,15H,5-11H2,1-4H3;1H. The molecule has 1 aliphatic heterocycles. The Bertz CT molecular complexity index is 251. The Morgan fingerprint density at radius 3 is 2.61 bits per heavy atom. The highest BCUT2D eigenvalue weighted by atomic mass is 35.5. The molecule has 1 fully saturated rings. The van der Waals surface area contributed by atoms with Gasteiger partial charge in [0, 0.05) is 25.6 Å². The van der Waals surface area contributed by atoms with Crippen molar-refractivity contribution in [3.05, 3.63) is 0 Å². The van der Waals surface area contributed by atoms with Gasteiger partial charge in [-0.25, -0.2) is 0 Å². The van der Waals surface area contributed by atoms with Gasteiger partial charge in [-0.2, -0.15) is 0 Å². The summed E-state index contributed by atoms with van der Waals surface area (Å²) < 4.78 is 0. The topological polar surface area (TPSA) is 32.3 Å². The molecule has 0 saturated carbocycles. The maximum atomic E-state index is 12.1. The van der Waals surface area contributed by atoms with Gasteiger partial charge >= 0.3 is 0 Å². The van der Waals surface area contributed by atoms with Gasteiger partial charge in [-0.1, -0.05) is 20.8 Å². The number of nitrogens with zero attached hydrogens (tertiary/aromatic N) is 1. The number of likely N-dealkylation sites (N-methyl/N-ethyl adjacent to an activating group) is 1. The van der Waals surface area contributed by atoms with Crippen LogP contribution in [-0.4, -0.2) is 37.0 Å². The molecule has 0 aromatic heterocycles. The third-order valence-electron chi connectivity index (χ3n) is 3.45. The van der Waals surface area contributed by atoms with Crippen LogP contribution in [0.3, 0.4) is 0 Å². The molecule has 0 radical (unpaired) electrons. The summed E-state index contributed by atoms with van der Waals surface area (Å²) in [5, 5.41) is 3.18. The van der Waals surface area contributed by atoms with Crippen molar-refractivity contribution in [2.75, 3.05) is 20.1 Å². The van der Waals surface area contributed by atoms with Gasteiger partial charge in [0.05, 0.1) is 0 Å². The van der Waals surface area contributed by atoms with E-state index in [1.807, 2.05) is 7.05 Å². The quantitative estimate of drug-likeness (QED) is 0.837. The highest BCUT2D eigenvalue weighted by molar-refractivity contribution is 5.85. The predicted octanol–water partition coefficient (Wildman–Crippen LogP) is 2.84. The minimum absolute atomic E-state index is 0. The van der Waals surface area contributed by atoms with Crippen LogP contribution in [0.1, 0.15) is 52.9 Å². The zero-order valence-electron chi connectivity index (χ0n) is 12.3. The summed E-state index contributed by atoms with van der Waals surface area (Å²) in [6.07, 6.45) is 5.19. The molecule has 0 spiro atoms. The number of halogens is 1. The minimum atomic E-state index is 0. The van der Waals surface area contributed by atoms with Crippen molar-refractivity contribution in [2.45, 2.75) is 58.9 Å². The zero-order valence-corrected chi connectivity index (χ0v) is 13.1. The summed E-state index contributed by atoms with van der Waals surface area (Å²) in [5.74, 6) is 0.354. The summed E-state index contributed by atoms with van der Waals surface area (Å²) in [7, 11) is 1.96. The Morgan fingerprint density at radius 1 is 1.39 bits per heavy atom. The monoisotopic (exact) mass is 276 g/mol. The minimum Gasteiger partial charge on any atom is -0.338 e. The molecule has 1 amide bonds. The molecule has 0 bridgehead atoms. The van der Waals surface area contributed by atoms with Crippen LogP contribution < -0.4 is 5.32 Å². The Morgan fingerprint density at radius 2 is 2.06 bits per heavy atom. The molecule has 1 aliphatic rings. The van der Waals surface area contributed by atoms with Gasteiger partial charge in [-0.3, -0.25) is 4.79 Å². The van der Waals surface area contributed by atoms with E-state index >= 15 is 0 Å². The molecule has 1 rings (SSSR count). The molecule has 18 heavy (non-hydrogen) atoms. The van der Waals surface area contributed by atoms with E-state index in [0.717, 1.165) is 45.2 Å². The Balaban J connectivity index is 0.00000289. The summed E-state index contributed by atoms with van der Waals surface area (Å²) in [4.78, 5) is 14.2. The second-order valence-corrected chi connectivity index (χ2v) is 6.36. The number of rotatable bonds is 5. The van der Waals surface area contributed by atoms with E-state index in [1.165, 1.54) is 0 Å². The second kappa shape index (κ2) is 8.00. The van der Waals surface area contributed by atoms with Crippen molar-refractivity contribution in [3.63, 3.8) is 0 Å². The molecule has 1 N–H and O–H groups in total. The van der Waals surface area contributed by atoms with Gasteiger partial charge in [-0.15, -0.1) is 12.4 Å². The van der Waals surface area contributed by atoms with Crippen LogP contribution >= 0.6 is 12.4 Å². The number of likely N-dealkylation sites (tertiary alicyclic amines) is 1. The van der Waals surface area contributed by atoms with Crippen LogP contribution in [0.25, 0.3) is 0 Å². The maximum Gasteiger partial charge on any atom is 0.222 e.